The van der Waals surface area contributed by atoms with Gasteiger partial charge in [-0.05, 0) is 32.4 Å². The number of nitrogens with one attached hydrogen (secondary N) is 1. The van der Waals surface area contributed by atoms with Gasteiger partial charge in [0, 0.05) is 29.9 Å². The van der Waals surface area contributed by atoms with Crippen molar-refractivity contribution in [3.05, 3.63) is 16.8 Å². The van der Waals surface area contributed by atoms with Crippen LogP contribution in [0.15, 0.2) is 11.4 Å². The topological polar surface area (TPSA) is 58.1 Å². The molecule has 0 aliphatic carbocycles. The van der Waals surface area contributed by atoms with Crippen LogP contribution in [0.1, 0.15) is 16.9 Å². The fourth-order valence-electron chi connectivity index (χ4n) is 2.58. The van der Waals surface area contributed by atoms with Crippen molar-refractivity contribution >= 4 is 51.6 Å². The summed E-state index contributed by atoms with van der Waals surface area (Å²) in [5, 5.41) is 5.36. The first kappa shape index (κ1) is 18.4. The monoisotopic (exact) mass is 372 g/mol. The fourth-order valence-corrected chi connectivity index (χ4v) is 4.60. The minimum absolute atomic E-state index is 0. The number of rotatable bonds is 3. The highest BCUT2D eigenvalue weighted by atomic mass is 35.5. The Morgan fingerprint density at radius 2 is 2.17 bits per heavy atom. The Labute approximate surface area is 150 Å². The van der Waals surface area contributed by atoms with E-state index in [0.717, 1.165) is 47.8 Å². The molecule has 126 valence electrons. The maximum atomic E-state index is 12.4. The molecular formula is C15H21ClN4OS2. The van der Waals surface area contributed by atoms with Crippen LogP contribution in [0.4, 0.5) is 0 Å². The van der Waals surface area contributed by atoms with Gasteiger partial charge < -0.3 is 10.2 Å². The Bertz CT molecular complexity index is 683. The van der Waals surface area contributed by atoms with Gasteiger partial charge in [-0.15, -0.1) is 23.7 Å². The molecule has 1 fully saturated rings. The van der Waals surface area contributed by atoms with Gasteiger partial charge in [0.1, 0.15) is 16.2 Å². The molecule has 1 aliphatic heterocycles. The van der Waals surface area contributed by atoms with Crippen molar-refractivity contribution in [2.75, 3.05) is 31.9 Å². The fraction of sp³-hybridized carbons (Fsp3) is 0.533. The van der Waals surface area contributed by atoms with Crippen LogP contribution >= 0.6 is 35.5 Å². The molecule has 8 heteroatoms. The van der Waals surface area contributed by atoms with Crippen molar-refractivity contribution in [3.63, 3.8) is 0 Å². The van der Waals surface area contributed by atoms with E-state index >= 15 is 0 Å². The molecule has 5 nitrogen and oxygen atoms in total. The molecule has 0 atom stereocenters. The predicted molar refractivity (Wildman–Crippen MR) is 98.9 cm³/mol. The second-order valence-electron chi connectivity index (χ2n) is 5.42. The van der Waals surface area contributed by atoms with Crippen molar-refractivity contribution < 1.29 is 4.79 Å². The average Bonchev–Trinajstić information content (AvgIpc) is 2.73. The lowest BCUT2D eigenvalue weighted by atomic mass is 10.2. The van der Waals surface area contributed by atoms with Crippen LogP contribution in [0.2, 0.25) is 0 Å². The summed E-state index contributed by atoms with van der Waals surface area (Å²) in [7, 11) is 0. The summed E-state index contributed by atoms with van der Waals surface area (Å²) in [5.41, 5.74) is 1.23. The number of amides is 1. The van der Waals surface area contributed by atoms with Gasteiger partial charge in [-0.2, -0.15) is 0 Å². The molecule has 0 aromatic carbocycles. The molecule has 1 amide bonds. The summed E-state index contributed by atoms with van der Waals surface area (Å²) in [6.45, 7) is 7.74. The maximum Gasteiger partial charge on any atom is 0.233 e. The Morgan fingerprint density at radius 1 is 1.35 bits per heavy atom. The number of thioether (sulfide) groups is 1. The summed E-state index contributed by atoms with van der Waals surface area (Å²) < 4.78 is 0. The first-order valence-corrected chi connectivity index (χ1v) is 9.29. The quantitative estimate of drug-likeness (QED) is 0.663. The summed E-state index contributed by atoms with van der Waals surface area (Å²) in [4.78, 5) is 25.4. The van der Waals surface area contributed by atoms with Crippen LogP contribution in [0, 0.1) is 13.8 Å². The molecule has 2 aromatic rings. The lowest BCUT2D eigenvalue weighted by Gasteiger charge is -2.19. The third kappa shape index (κ3) is 4.15. The first-order valence-electron chi connectivity index (χ1n) is 7.49. The lowest BCUT2D eigenvalue weighted by molar-refractivity contribution is -0.128. The minimum atomic E-state index is 0. The van der Waals surface area contributed by atoms with Crippen LogP contribution in [0.25, 0.3) is 10.2 Å². The second-order valence-corrected chi connectivity index (χ2v) is 7.58. The highest BCUT2D eigenvalue weighted by Gasteiger charge is 2.18. The zero-order valence-corrected chi connectivity index (χ0v) is 15.7. The lowest BCUT2D eigenvalue weighted by Crippen LogP contribution is -2.35. The van der Waals surface area contributed by atoms with Crippen LogP contribution in [0.3, 0.4) is 0 Å². The van der Waals surface area contributed by atoms with E-state index in [0.29, 0.717) is 5.75 Å². The number of thiophene rings is 1. The van der Waals surface area contributed by atoms with Gasteiger partial charge >= 0.3 is 0 Å². The van der Waals surface area contributed by atoms with Crippen LogP contribution in [-0.2, 0) is 4.79 Å². The molecule has 0 unspecified atom stereocenters. The standard InChI is InChI=1S/C15H20N4OS2.ClH/c1-10-11(2)22-15-13(10)14(17-9-18-15)21-8-12(20)19-6-3-4-16-5-7-19;/h9,16H,3-8H2,1-2H3;1H. The number of hydrogen-bond acceptors (Lipinski definition) is 6. The third-order valence-corrected chi connectivity index (χ3v) is 6.05. The largest absolute Gasteiger partial charge is 0.341 e. The van der Waals surface area contributed by atoms with E-state index in [9.17, 15) is 4.79 Å². The van der Waals surface area contributed by atoms with Crippen molar-refractivity contribution in [3.8, 4) is 0 Å². The molecule has 23 heavy (non-hydrogen) atoms. The molecule has 0 saturated carbocycles. The predicted octanol–water partition coefficient (Wildman–Crippen LogP) is 2.64. The molecule has 1 N–H and O–H groups in total. The van der Waals surface area contributed by atoms with E-state index in [4.69, 9.17) is 0 Å². The van der Waals surface area contributed by atoms with Gasteiger partial charge in [0.25, 0.3) is 0 Å². The molecular weight excluding hydrogens is 352 g/mol. The van der Waals surface area contributed by atoms with E-state index in [2.05, 4.69) is 29.1 Å². The number of nitrogens with zero attached hydrogens (tertiary/aromatic N) is 3. The average molecular weight is 373 g/mol. The smallest absolute Gasteiger partial charge is 0.233 e. The van der Waals surface area contributed by atoms with Gasteiger partial charge in [-0.1, -0.05) is 11.8 Å². The van der Waals surface area contributed by atoms with Gasteiger partial charge in [0.2, 0.25) is 5.91 Å². The minimum Gasteiger partial charge on any atom is -0.341 e. The Balaban J connectivity index is 0.00000192. The number of carbonyl (C=O) groups is 1. The molecule has 1 aliphatic rings. The van der Waals surface area contributed by atoms with E-state index in [1.54, 1.807) is 17.7 Å². The molecule has 3 rings (SSSR count). The number of fused-ring (bicyclic) bond motifs is 1. The number of aryl methyl sites for hydroxylation is 2. The summed E-state index contributed by atoms with van der Waals surface area (Å²) >= 11 is 3.22. The van der Waals surface area contributed by atoms with E-state index < -0.39 is 0 Å². The Hall–Kier alpha value is -0.890. The zero-order valence-electron chi connectivity index (χ0n) is 13.3. The molecule has 3 heterocycles. The number of carbonyl (C=O) groups excluding carboxylic acids is 1. The molecule has 0 spiro atoms. The van der Waals surface area contributed by atoms with Crippen molar-refractivity contribution in [2.24, 2.45) is 0 Å². The molecule has 0 bridgehead atoms. The summed E-state index contributed by atoms with van der Waals surface area (Å²) in [6.07, 6.45) is 2.62. The Kier molecular flexibility index (Phi) is 6.64. The summed E-state index contributed by atoms with van der Waals surface area (Å²) in [6, 6.07) is 0. The van der Waals surface area contributed by atoms with E-state index in [1.165, 1.54) is 22.2 Å². The van der Waals surface area contributed by atoms with Crippen LogP contribution < -0.4 is 5.32 Å². The summed E-state index contributed by atoms with van der Waals surface area (Å²) in [5.74, 6) is 0.644. The zero-order chi connectivity index (χ0) is 15.5. The van der Waals surface area contributed by atoms with E-state index in [1.807, 2.05) is 4.90 Å². The van der Waals surface area contributed by atoms with E-state index in [-0.39, 0.29) is 18.3 Å². The molecule has 0 radical (unpaired) electrons. The first-order chi connectivity index (χ1) is 10.7. The molecule has 1 saturated heterocycles. The Morgan fingerprint density at radius 3 is 3.00 bits per heavy atom. The number of aromatic nitrogens is 2. The second kappa shape index (κ2) is 8.28. The van der Waals surface area contributed by atoms with Crippen LogP contribution in [-0.4, -0.2) is 52.7 Å². The normalized spacial score (nSPS) is 15.3. The SMILES string of the molecule is Cc1sc2ncnc(SCC(=O)N3CCCNCC3)c2c1C.Cl. The van der Waals surface area contributed by atoms with Gasteiger partial charge in [0.15, 0.2) is 0 Å². The highest BCUT2D eigenvalue weighted by molar-refractivity contribution is 8.00. The molecule has 2 aromatic heterocycles. The van der Waals surface area contributed by atoms with Crippen molar-refractivity contribution in [1.29, 1.82) is 0 Å². The number of hydrogen-bond donors (Lipinski definition) is 1. The van der Waals surface area contributed by atoms with Crippen molar-refractivity contribution in [2.45, 2.75) is 25.3 Å². The van der Waals surface area contributed by atoms with Gasteiger partial charge in [-0.3, -0.25) is 4.79 Å². The van der Waals surface area contributed by atoms with Gasteiger partial charge in [-0.25, -0.2) is 9.97 Å². The highest BCUT2D eigenvalue weighted by Crippen LogP contribution is 2.34. The third-order valence-electron chi connectivity index (χ3n) is 3.96. The maximum absolute atomic E-state index is 12.4. The van der Waals surface area contributed by atoms with Crippen LogP contribution in [0.5, 0.6) is 0 Å². The van der Waals surface area contributed by atoms with Crippen molar-refractivity contribution in [1.82, 2.24) is 20.2 Å². The number of halogens is 1. The van der Waals surface area contributed by atoms with Gasteiger partial charge in [0.05, 0.1) is 5.75 Å².